The molecule has 1 amide bonds. The van der Waals surface area contributed by atoms with Gasteiger partial charge in [-0.3, -0.25) is 14.2 Å². The van der Waals surface area contributed by atoms with Crippen molar-refractivity contribution in [2.45, 2.75) is 26.3 Å². The monoisotopic (exact) mass is 348 g/mol. The van der Waals surface area contributed by atoms with Crippen LogP contribution in [0, 0.1) is 6.92 Å². The van der Waals surface area contributed by atoms with Crippen LogP contribution in [0.2, 0.25) is 0 Å². The zero-order chi connectivity index (χ0) is 16.2. The van der Waals surface area contributed by atoms with Gasteiger partial charge >= 0.3 is 0 Å². The molecule has 0 aliphatic carbocycles. The van der Waals surface area contributed by atoms with Crippen molar-refractivity contribution in [3.05, 3.63) is 44.2 Å². The minimum atomic E-state index is -0.0951. The summed E-state index contributed by atoms with van der Waals surface area (Å²) in [6.07, 6.45) is 4.33. The Hall–Kier alpha value is -2.06. The SMILES string of the molecule is Cc1cnc(CCNC(=O)CCn2cnc3sccc3c2=O)s1. The third-order valence-corrected chi connectivity index (χ3v) is 5.15. The summed E-state index contributed by atoms with van der Waals surface area (Å²) in [4.78, 5) is 34.5. The molecule has 8 heteroatoms. The minimum Gasteiger partial charge on any atom is -0.356 e. The Bertz CT molecular complexity index is 881. The number of thiazole rings is 1. The average Bonchev–Trinajstić information content (AvgIpc) is 3.16. The minimum absolute atomic E-state index is 0.0735. The van der Waals surface area contributed by atoms with Crippen LogP contribution in [0.3, 0.4) is 0 Å². The summed E-state index contributed by atoms with van der Waals surface area (Å²) in [5.74, 6) is -0.0735. The van der Waals surface area contributed by atoms with Gasteiger partial charge in [0.15, 0.2) is 0 Å². The maximum atomic E-state index is 12.2. The summed E-state index contributed by atoms with van der Waals surface area (Å²) in [5, 5.41) is 6.33. The Kier molecular flexibility index (Phi) is 4.82. The molecule has 0 aromatic carbocycles. The van der Waals surface area contributed by atoms with E-state index in [4.69, 9.17) is 0 Å². The van der Waals surface area contributed by atoms with Crippen LogP contribution >= 0.6 is 22.7 Å². The van der Waals surface area contributed by atoms with Gasteiger partial charge in [0.05, 0.1) is 16.7 Å². The third-order valence-electron chi connectivity index (χ3n) is 3.36. The van der Waals surface area contributed by atoms with Crippen molar-refractivity contribution in [1.82, 2.24) is 19.9 Å². The molecular formula is C15H16N4O2S2. The van der Waals surface area contributed by atoms with Crippen LogP contribution < -0.4 is 10.9 Å². The number of hydrogen-bond donors (Lipinski definition) is 1. The molecule has 3 aromatic rings. The number of amides is 1. The molecule has 6 nitrogen and oxygen atoms in total. The van der Waals surface area contributed by atoms with Crippen molar-refractivity contribution in [2.24, 2.45) is 0 Å². The lowest BCUT2D eigenvalue weighted by atomic mass is 10.3. The second-order valence-corrected chi connectivity index (χ2v) is 7.31. The molecule has 0 atom stereocenters. The Balaban J connectivity index is 1.50. The molecule has 0 spiro atoms. The number of carbonyl (C=O) groups is 1. The van der Waals surface area contributed by atoms with Gasteiger partial charge in [-0.2, -0.15) is 0 Å². The van der Waals surface area contributed by atoms with Gasteiger partial charge in [-0.15, -0.1) is 22.7 Å². The molecule has 23 heavy (non-hydrogen) atoms. The fourth-order valence-corrected chi connectivity index (χ4v) is 3.70. The zero-order valence-electron chi connectivity index (χ0n) is 12.6. The predicted molar refractivity (Wildman–Crippen MR) is 92.1 cm³/mol. The van der Waals surface area contributed by atoms with Crippen LogP contribution in [-0.2, 0) is 17.8 Å². The van der Waals surface area contributed by atoms with Gasteiger partial charge < -0.3 is 5.32 Å². The second-order valence-electron chi connectivity index (χ2n) is 5.10. The normalized spacial score (nSPS) is 11.0. The van der Waals surface area contributed by atoms with Crippen LogP contribution in [0.25, 0.3) is 10.2 Å². The van der Waals surface area contributed by atoms with Crippen LogP contribution in [0.1, 0.15) is 16.3 Å². The molecule has 0 aliphatic heterocycles. The molecule has 0 unspecified atom stereocenters. The summed E-state index contributed by atoms with van der Waals surface area (Å²) in [6, 6.07) is 1.77. The first-order valence-corrected chi connectivity index (χ1v) is 8.94. The van der Waals surface area contributed by atoms with Crippen molar-refractivity contribution in [1.29, 1.82) is 0 Å². The van der Waals surface area contributed by atoms with Gasteiger partial charge in [0, 0.05) is 37.0 Å². The highest BCUT2D eigenvalue weighted by Crippen LogP contribution is 2.13. The highest BCUT2D eigenvalue weighted by molar-refractivity contribution is 7.16. The third kappa shape index (κ3) is 3.83. The number of carbonyl (C=O) groups excluding carboxylic acids is 1. The highest BCUT2D eigenvalue weighted by atomic mass is 32.1. The van der Waals surface area contributed by atoms with Gasteiger partial charge in [-0.1, -0.05) is 0 Å². The molecule has 1 N–H and O–H groups in total. The summed E-state index contributed by atoms with van der Waals surface area (Å²) in [5.41, 5.74) is -0.0951. The number of hydrogen-bond acceptors (Lipinski definition) is 6. The Labute approximate surface area is 140 Å². The number of rotatable bonds is 6. The van der Waals surface area contributed by atoms with Gasteiger partial charge in [-0.05, 0) is 18.4 Å². The molecule has 0 fully saturated rings. The van der Waals surface area contributed by atoms with Crippen molar-refractivity contribution in [3.8, 4) is 0 Å². The molecular weight excluding hydrogens is 332 g/mol. The molecule has 0 aliphatic rings. The number of aromatic nitrogens is 3. The summed E-state index contributed by atoms with van der Waals surface area (Å²) in [6.45, 7) is 2.90. The van der Waals surface area contributed by atoms with E-state index in [-0.39, 0.29) is 17.9 Å². The molecule has 0 radical (unpaired) electrons. The van der Waals surface area contributed by atoms with Crippen molar-refractivity contribution in [3.63, 3.8) is 0 Å². The average molecular weight is 348 g/mol. The Morgan fingerprint density at radius 3 is 3.04 bits per heavy atom. The van der Waals surface area contributed by atoms with Crippen molar-refractivity contribution < 1.29 is 4.79 Å². The highest BCUT2D eigenvalue weighted by Gasteiger charge is 2.07. The van der Waals surface area contributed by atoms with Gasteiger partial charge in [0.25, 0.3) is 5.56 Å². The first kappa shape index (κ1) is 15.8. The quantitative estimate of drug-likeness (QED) is 0.739. The number of aryl methyl sites for hydroxylation is 2. The topological polar surface area (TPSA) is 76.9 Å². The fourth-order valence-electron chi connectivity index (χ4n) is 2.19. The second kappa shape index (κ2) is 7.01. The largest absolute Gasteiger partial charge is 0.356 e. The van der Waals surface area contributed by atoms with Crippen LogP contribution in [0.5, 0.6) is 0 Å². The van der Waals surface area contributed by atoms with Crippen molar-refractivity contribution >= 4 is 38.8 Å². The van der Waals surface area contributed by atoms with E-state index in [0.717, 1.165) is 16.3 Å². The molecule has 0 bridgehead atoms. The number of thiophene rings is 1. The number of fused-ring (bicyclic) bond motifs is 1. The Morgan fingerprint density at radius 1 is 1.39 bits per heavy atom. The maximum Gasteiger partial charge on any atom is 0.262 e. The fraction of sp³-hybridized carbons (Fsp3) is 0.333. The maximum absolute atomic E-state index is 12.2. The van der Waals surface area contributed by atoms with E-state index in [1.807, 2.05) is 18.5 Å². The van der Waals surface area contributed by atoms with Gasteiger partial charge in [-0.25, -0.2) is 9.97 Å². The first-order chi connectivity index (χ1) is 11.1. The Morgan fingerprint density at radius 2 is 2.26 bits per heavy atom. The van der Waals surface area contributed by atoms with Crippen LogP contribution in [0.4, 0.5) is 0 Å². The van der Waals surface area contributed by atoms with E-state index < -0.39 is 0 Å². The number of nitrogens with zero attached hydrogens (tertiary/aromatic N) is 3. The van der Waals surface area contributed by atoms with E-state index >= 15 is 0 Å². The van der Waals surface area contributed by atoms with Gasteiger partial charge in [0.1, 0.15) is 4.83 Å². The zero-order valence-corrected chi connectivity index (χ0v) is 14.2. The molecule has 3 rings (SSSR count). The molecule has 0 saturated heterocycles. The van der Waals surface area contributed by atoms with Crippen LogP contribution in [0.15, 0.2) is 28.8 Å². The lowest BCUT2D eigenvalue weighted by Crippen LogP contribution is -2.28. The molecule has 0 saturated carbocycles. The summed E-state index contributed by atoms with van der Waals surface area (Å²) < 4.78 is 1.48. The predicted octanol–water partition coefficient (Wildman–Crippen LogP) is 1.97. The summed E-state index contributed by atoms with van der Waals surface area (Å²) >= 11 is 3.08. The lowest BCUT2D eigenvalue weighted by Gasteiger charge is -2.06. The van der Waals surface area contributed by atoms with E-state index in [1.165, 1.54) is 27.1 Å². The standard InChI is InChI=1S/C15H16N4O2S2/c1-10-8-17-13(23-10)2-5-16-12(20)3-6-19-9-18-14-11(15(19)21)4-7-22-14/h4,7-9H,2-3,5-6H2,1H3,(H,16,20). The van der Waals surface area contributed by atoms with Crippen LogP contribution in [-0.4, -0.2) is 27.0 Å². The molecule has 3 heterocycles. The lowest BCUT2D eigenvalue weighted by molar-refractivity contribution is -0.121. The van der Waals surface area contributed by atoms with Crippen molar-refractivity contribution in [2.75, 3.05) is 6.54 Å². The first-order valence-electron chi connectivity index (χ1n) is 7.24. The summed E-state index contributed by atoms with van der Waals surface area (Å²) in [7, 11) is 0. The van der Waals surface area contributed by atoms with Gasteiger partial charge in [0.2, 0.25) is 5.91 Å². The van der Waals surface area contributed by atoms with E-state index in [0.29, 0.717) is 18.5 Å². The van der Waals surface area contributed by atoms with E-state index in [9.17, 15) is 9.59 Å². The molecule has 120 valence electrons. The van der Waals surface area contributed by atoms with E-state index in [2.05, 4.69) is 15.3 Å². The molecule has 3 aromatic heterocycles. The smallest absolute Gasteiger partial charge is 0.262 e. The number of nitrogens with one attached hydrogen (secondary N) is 1. The van der Waals surface area contributed by atoms with E-state index in [1.54, 1.807) is 17.4 Å².